The molecule has 3 heterocycles. The Morgan fingerprint density at radius 3 is 2.12 bits per heavy atom. The van der Waals surface area contributed by atoms with Gasteiger partial charge in [0.25, 0.3) is 0 Å². The van der Waals surface area contributed by atoms with Crippen molar-refractivity contribution < 1.29 is 0 Å². The largest absolute Gasteiger partial charge is 0.353 e. The van der Waals surface area contributed by atoms with Crippen LogP contribution in [0.25, 0.3) is 0 Å². The summed E-state index contributed by atoms with van der Waals surface area (Å²) in [6.07, 6.45) is 5.60. The lowest BCUT2D eigenvalue weighted by atomic mass is 9.83. The zero-order valence-corrected chi connectivity index (χ0v) is 16.0. The fourth-order valence-electron chi connectivity index (χ4n) is 3.52. The highest BCUT2D eigenvalue weighted by atomic mass is 15.3. The summed E-state index contributed by atoms with van der Waals surface area (Å²) in [7, 11) is 0. The molecular formula is C20H28N6. The van der Waals surface area contributed by atoms with E-state index in [0.717, 1.165) is 43.5 Å². The van der Waals surface area contributed by atoms with E-state index in [2.05, 4.69) is 68.9 Å². The summed E-state index contributed by atoms with van der Waals surface area (Å²) in [5, 5.41) is 8.88. The normalized spacial score (nSPS) is 18.7. The third-order valence-corrected chi connectivity index (χ3v) is 5.54. The molecule has 1 aliphatic carbocycles. The highest BCUT2D eigenvalue weighted by Crippen LogP contribution is 2.36. The summed E-state index contributed by atoms with van der Waals surface area (Å²) in [4.78, 5) is 13.7. The lowest BCUT2D eigenvalue weighted by molar-refractivity contribution is 0.410. The molecule has 0 N–H and O–H groups in total. The highest BCUT2D eigenvalue weighted by Gasteiger charge is 2.24. The van der Waals surface area contributed by atoms with Crippen LogP contribution in [-0.4, -0.2) is 46.3 Å². The average molecular weight is 352 g/mol. The van der Waals surface area contributed by atoms with E-state index >= 15 is 0 Å². The molecule has 2 aliphatic rings. The molecule has 138 valence electrons. The third kappa shape index (κ3) is 3.50. The predicted molar refractivity (Wildman–Crippen MR) is 104 cm³/mol. The second kappa shape index (κ2) is 6.82. The molecule has 2 fully saturated rings. The lowest BCUT2D eigenvalue weighted by Crippen LogP contribution is -2.47. The van der Waals surface area contributed by atoms with Gasteiger partial charge in [-0.1, -0.05) is 27.2 Å². The first-order valence-electron chi connectivity index (χ1n) is 9.67. The second-order valence-corrected chi connectivity index (χ2v) is 8.43. The van der Waals surface area contributed by atoms with Crippen LogP contribution in [0.2, 0.25) is 0 Å². The molecule has 0 unspecified atom stereocenters. The molecule has 1 aliphatic heterocycles. The molecule has 0 aromatic carbocycles. The number of aromatic nitrogens is 4. The highest BCUT2D eigenvalue weighted by molar-refractivity contribution is 5.45. The zero-order chi connectivity index (χ0) is 18.1. The average Bonchev–Trinajstić information content (AvgIpc) is 2.60. The van der Waals surface area contributed by atoms with Crippen LogP contribution in [0, 0.1) is 0 Å². The van der Waals surface area contributed by atoms with Gasteiger partial charge in [0, 0.05) is 49.3 Å². The van der Waals surface area contributed by atoms with Gasteiger partial charge in [-0.05, 0) is 25.0 Å². The number of nitrogens with zero attached hydrogens (tertiary/aromatic N) is 6. The summed E-state index contributed by atoms with van der Waals surface area (Å²) >= 11 is 0. The Labute approximate surface area is 155 Å². The van der Waals surface area contributed by atoms with Crippen LogP contribution in [-0.2, 0) is 5.41 Å². The topological polar surface area (TPSA) is 58.0 Å². The first-order chi connectivity index (χ1) is 12.5. The third-order valence-electron chi connectivity index (χ3n) is 5.54. The Kier molecular flexibility index (Phi) is 4.51. The van der Waals surface area contributed by atoms with Crippen LogP contribution >= 0.6 is 0 Å². The molecule has 0 atom stereocenters. The lowest BCUT2D eigenvalue weighted by Gasteiger charge is -2.36. The Bertz CT molecular complexity index is 740. The molecule has 4 rings (SSSR count). The standard InChI is InChI=1S/C20H28N6/c1-20(2,3)17-7-8-18(24-23-17)25-9-11-26(12-10-25)19-13-16(21-14-22-19)15-5-4-6-15/h7-8,13-15H,4-6,9-12H2,1-3H3. The van der Waals surface area contributed by atoms with Crippen LogP contribution in [0.3, 0.4) is 0 Å². The molecule has 0 spiro atoms. The molecule has 0 bridgehead atoms. The Morgan fingerprint density at radius 2 is 1.58 bits per heavy atom. The molecular weight excluding hydrogens is 324 g/mol. The van der Waals surface area contributed by atoms with Gasteiger partial charge in [-0.2, -0.15) is 5.10 Å². The van der Waals surface area contributed by atoms with Crippen LogP contribution in [0.1, 0.15) is 57.3 Å². The molecule has 1 saturated carbocycles. The molecule has 2 aromatic heterocycles. The van der Waals surface area contributed by atoms with Gasteiger partial charge in [-0.25, -0.2) is 9.97 Å². The van der Waals surface area contributed by atoms with Crippen molar-refractivity contribution in [3.8, 4) is 0 Å². The Balaban J connectivity index is 1.39. The molecule has 26 heavy (non-hydrogen) atoms. The predicted octanol–water partition coefficient (Wildman–Crippen LogP) is 3.16. The summed E-state index contributed by atoms with van der Waals surface area (Å²) < 4.78 is 0. The molecule has 2 aromatic rings. The van der Waals surface area contributed by atoms with Crippen molar-refractivity contribution in [2.24, 2.45) is 0 Å². The number of hydrogen-bond acceptors (Lipinski definition) is 6. The molecule has 6 heteroatoms. The Hall–Kier alpha value is -2.24. The van der Waals surface area contributed by atoms with Crippen LogP contribution < -0.4 is 9.80 Å². The van der Waals surface area contributed by atoms with Crippen LogP contribution in [0.15, 0.2) is 24.5 Å². The molecule has 0 amide bonds. The SMILES string of the molecule is CC(C)(C)c1ccc(N2CCN(c3cc(C4CCC4)ncn3)CC2)nn1. The maximum Gasteiger partial charge on any atom is 0.151 e. The van der Waals surface area contributed by atoms with E-state index in [4.69, 9.17) is 0 Å². The van der Waals surface area contributed by atoms with E-state index in [-0.39, 0.29) is 5.41 Å². The fourth-order valence-corrected chi connectivity index (χ4v) is 3.52. The first-order valence-corrected chi connectivity index (χ1v) is 9.67. The maximum atomic E-state index is 4.51. The van der Waals surface area contributed by atoms with E-state index < -0.39 is 0 Å². The van der Waals surface area contributed by atoms with Gasteiger partial charge in [0.2, 0.25) is 0 Å². The monoisotopic (exact) mass is 352 g/mol. The second-order valence-electron chi connectivity index (χ2n) is 8.43. The van der Waals surface area contributed by atoms with Crippen molar-refractivity contribution in [3.63, 3.8) is 0 Å². The van der Waals surface area contributed by atoms with Gasteiger partial charge in [0.1, 0.15) is 12.1 Å². The van der Waals surface area contributed by atoms with Gasteiger partial charge >= 0.3 is 0 Å². The molecule has 0 radical (unpaired) electrons. The number of rotatable bonds is 3. The van der Waals surface area contributed by atoms with E-state index in [1.54, 1.807) is 6.33 Å². The number of anilines is 2. The first kappa shape index (κ1) is 17.2. The van der Waals surface area contributed by atoms with E-state index in [0.29, 0.717) is 5.92 Å². The quantitative estimate of drug-likeness (QED) is 0.846. The maximum absolute atomic E-state index is 4.51. The summed E-state index contributed by atoms with van der Waals surface area (Å²) in [6, 6.07) is 6.39. The number of piperazine rings is 1. The molecule has 1 saturated heterocycles. The van der Waals surface area contributed by atoms with Crippen molar-refractivity contribution in [1.29, 1.82) is 0 Å². The van der Waals surface area contributed by atoms with E-state index in [1.165, 1.54) is 25.0 Å². The smallest absolute Gasteiger partial charge is 0.151 e. The minimum Gasteiger partial charge on any atom is -0.353 e. The Morgan fingerprint density at radius 1 is 0.885 bits per heavy atom. The van der Waals surface area contributed by atoms with Crippen molar-refractivity contribution >= 4 is 11.6 Å². The van der Waals surface area contributed by atoms with Gasteiger partial charge in [0.05, 0.1) is 5.69 Å². The van der Waals surface area contributed by atoms with Crippen molar-refractivity contribution in [3.05, 3.63) is 35.9 Å². The van der Waals surface area contributed by atoms with Crippen LogP contribution in [0.4, 0.5) is 11.6 Å². The van der Waals surface area contributed by atoms with Crippen molar-refractivity contribution in [2.75, 3.05) is 36.0 Å². The summed E-state index contributed by atoms with van der Waals surface area (Å²) in [5.41, 5.74) is 2.28. The summed E-state index contributed by atoms with van der Waals surface area (Å²) in [6.45, 7) is 10.3. The van der Waals surface area contributed by atoms with Crippen molar-refractivity contribution in [2.45, 2.75) is 51.4 Å². The van der Waals surface area contributed by atoms with E-state index in [9.17, 15) is 0 Å². The minimum atomic E-state index is 0.0371. The summed E-state index contributed by atoms with van der Waals surface area (Å²) in [5.74, 6) is 2.68. The van der Waals surface area contributed by atoms with Crippen molar-refractivity contribution in [1.82, 2.24) is 20.2 Å². The number of hydrogen-bond donors (Lipinski definition) is 0. The fraction of sp³-hybridized carbons (Fsp3) is 0.600. The van der Waals surface area contributed by atoms with Gasteiger partial charge in [-0.15, -0.1) is 5.10 Å². The van der Waals surface area contributed by atoms with Gasteiger partial charge in [-0.3, -0.25) is 0 Å². The van der Waals surface area contributed by atoms with Gasteiger partial charge < -0.3 is 9.80 Å². The van der Waals surface area contributed by atoms with Gasteiger partial charge in [0.15, 0.2) is 5.82 Å². The van der Waals surface area contributed by atoms with E-state index in [1.807, 2.05) is 0 Å². The molecule has 6 nitrogen and oxygen atoms in total. The zero-order valence-electron chi connectivity index (χ0n) is 16.0. The minimum absolute atomic E-state index is 0.0371. The van der Waals surface area contributed by atoms with Crippen LogP contribution in [0.5, 0.6) is 0 Å².